The van der Waals surface area contributed by atoms with E-state index in [9.17, 15) is 15.2 Å². The lowest BCUT2D eigenvalue weighted by Gasteiger charge is -2.37. The van der Waals surface area contributed by atoms with Crippen LogP contribution in [0, 0.1) is 10.1 Å². The maximum absolute atomic E-state index is 11.2. The Hall–Kier alpha value is -1.89. The third kappa shape index (κ3) is 2.07. The maximum atomic E-state index is 11.2. The summed E-state index contributed by atoms with van der Waals surface area (Å²) in [5.41, 5.74) is 0.0392. The van der Waals surface area contributed by atoms with Crippen molar-refractivity contribution in [2.45, 2.75) is 43.9 Å². The predicted molar refractivity (Wildman–Crippen MR) is 75.0 cm³/mol. The van der Waals surface area contributed by atoms with Crippen molar-refractivity contribution < 1.29 is 10.0 Å². The molecule has 7 heteroatoms. The van der Waals surface area contributed by atoms with Crippen LogP contribution in [0.4, 0.5) is 17.3 Å². The molecule has 2 atom stereocenters. The SMILES string of the molecule is CNc1ccc([N+](=O)[O-])c(N2C3CCC2CC(O)C3)n1. The molecule has 20 heavy (non-hydrogen) atoms. The largest absolute Gasteiger partial charge is 0.393 e. The van der Waals surface area contributed by atoms with Gasteiger partial charge in [0.25, 0.3) is 0 Å². The molecule has 2 N–H and O–H groups in total. The maximum Gasteiger partial charge on any atom is 0.311 e. The standard InChI is InChI=1S/C13H18N4O3/c1-14-12-5-4-11(17(19)20)13(15-12)16-8-2-3-9(16)7-10(18)6-8/h4-5,8-10,18H,2-3,6-7H2,1H3,(H,14,15). The van der Waals surface area contributed by atoms with Crippen LogP contribution in [0.3, 0.4) is 0 Å². The minimum absolute atomic E-state index is 0.0392. The van der Waals surface area contributed by atoms with Crippen LogP contribution in [0.5, 0.6) is 0 Å². The van der Waals surface area contributed by atoms with Gasteiger partial charge in [0.1, 0.15) is 5.82 Å². The van der Waals surface area contributed by atoms with E-state index >= 15 is 0 Å². The topological polar surface area (TPSA) is 91.5 Å². The number of hydrogen-bond acceptors (Lipinski definition) is 6. The smallest absolute Gasteiger partial charge is 0.311 e. The Labute approximate surface area is 116 Å². The molecule has 2 bridgehead atoms. The Kier molecular flexibility index (Phi) is 3.21. The minimum atomic E-state index is -0.383. The van der Waals surface area contributed by atoms with Crippen LogP contribution < -0.4 is 10.2 Å². The van der Waals surface area contributed by atoms with E-state index in [0.717, 1.165) is 12.8 Å². The van der Waals surface area contributed by atoms with E-state index in [1.807, 2.05) is 4.90 Å². The Bertz CT molecular complexity index is 522. The summed E-state index contributed by atoms with van der Waals surface area (Å²) in [6, 6.07) is 3.42. The van der Waals surface area contributed by atoms with Gasteiger partial charge in [0.05, 0.1) is 11.0 Å². The Morgan fingerprint density at radius 2 is 2.05 bits per heavy atom. The second-order valence-corrected chi connectivity index (χ2v) is 5.46. The van der Waals surface area contributed by atoms with Crippen molar-refractivity contribution in [1.82, 2.24) is 4.98 Å². The molecule has 0 amide bonds. The van der Waals surface area contributed by atoms with Crippen molar-refractivity contribution in [2.75, 3.05) is 17.3 Å². The lowest BCUT2D eigenvalue weighted by atomic mass is 10.00. The molecule has 0 saturated carbocycles. The molecule has 1 aromatic heterocycles. The summed E-state index contributed by atoms with van der Waals surface area (Å²) < 4.78 is 0. The number of aliphatic hydroxyl groups is 1. The van der Waals surface area contributed by atoms with E-state index in [-0.39, 0.29) is 28.8 Å². The van der Waals surface area contributed by atoms with Gasteiger partial charge in [-0.2, -0.15) is 0 Å². The number of aliphatic hydroxyl groups excluding tert-OH is 1. The average molecular weight is 278 g/mol. The van der Waals surface area contributed by atoms with Gasteiger partial charge in [-0.25, -0.2) is 4.98 Å². The minimum Gasteiger partial charge on any atom is -0.393 e. The normalized spacial score (nSPS) is 28.5. The van der Waals surface area contributed by atoms with Crippen molar-refractivity contribution >= 4 is 17.3 Å². The first-order valence-corrected chi connectivity index (χ1v) is 6.89. The molecule has 2 saturated heterocycles. The third-order valence-electron chi connectivity index (χ3n) is 4.26. The molecule has 108 valence electrons. The van der Waals surface area contributed by atoms with Gasteiger partial charge in [0, 0.05) is 25.2 Å². The lowest BCUT2D eigenvalue weighted by Crippen LogP contribution is -2.45. The third-order valence-corrected chi connectivity index (χ3v) is 4.26. The van der Waals surface area contributed by atoms with Crippen LogP contribution in [-0.4, -0.2) is 40.2 Å². The van der Waals surface area contributed by atoms with Crippen molar-refractivity contribution in [3.05, 3.63) is 22.2 Å². The number of fused-ring (bicyclic) bond motifs is 2. The van der Waals surface area contributed by atoms with Crippen LogP contribution in [-0.2, 0) is 0 Å². The summed E-state index contributed by atoms with van der Waals surface area (Å²) in [7, 11) is 1.74. The number of piperidine rings is 1. The molecule has 1 aromatic rings. The van der Waals surface area contributed by atoms with Crippen LogP contribution in [0.25, 0.3) is 0 Å². The van der Waals surface area contributed by atoms with E-state index < -0.39 is 0 Å². The first-order chi connectivity index (χ1) is 9.60. The van der Waals surface area contributed by atoms with Crippen molar-refractivity contribution in [1.29, 1.82) is 0 Å². The van der Waals surface area contributed by atoms with E-state index in [0.29, 0.717) is 24.5 Å². The number of rotatable bonds is 3. The number of nitrogens with one attached hydrogen (secondary N) is 1. The fourth-order valence-electron chi connectivity index (χ4n) is 3.41. The molecular weight excluding hydrogens is 260 g/mol. The molecule has 7 nitrogen and oxygen atoms in total. The van der Waals surface area contributed by atoms with Crippen molar-refractivity contribution in [3.63, 3.8) is 0 Å². The number of nitro groups is 1. The summed E-state index contributed by atoms with van der Waals surface area (Å²) in [6.07, 6.45) is 2.96. The zero-order chi connectivity index (χ0) is 14.3. The van der Waals surface area contributed by atoms with Gasteiger partial charge in [-0.05, 0) is 31.7 Å². The summed E-state index contributed by atoms with van der Waals surface area (Å²) in [4.78, 5) is 17.3. The highest BCUT2D eigenvalue weighted by Crippen LogP contribution is 2.42. The summed E-state index contributed by atoms with van der Waals surface area (Å²) >= 11 is 0. The molecule has 3 rings (SSSR count). The zero-order valence-electron chi connectivity index (χ0n) is 11.3. The van der Waals surface area contributed by atoms with Crippen LogP contribution in [0.1, 0.15) is 25.7 Å². The quantitative estimate of drug-likeness (QED) is 0.643. The van der Waals surface area contributed by atoms with Gasteiger partial charge in [-0.1, -0.05) is 0 Å². The Morgan fingerprint density at radius 1 is 1.40 bits per heavy atom. The van der Waals surface area contributed by atoms with Gasteiger partial charge in [-0.3, -0.25) is 10.1 Å². The van der Waals surface area contributed by atoms with Crippen molar-refractivity contribution in [3.8, 4) is 0 Å². The zero-order valence-corrected chi connectivity index (χ0v) is 11.3. The number of hydrogen-bond donors (Lipinski definition) is 2. The molecule has 0 aliphatic carbocycles. The van der Waals surface area contributed by atoms with Gasteiger partial charge in [-0.15, -0.1) is 0 Å². The van der Waals surface area contributed by atoms with Gasteiger partial charge in [0.15, 0.2) is 0 Å². The second kappa shape index (κ2) is 4.90. The van der Waals surface area contributed by atoms with E-state index in [1.165, 1.54) is 6.07 Å². The fraction of sp³-hybridized carbons (Fsp3) is 0.615. The lowest BCUT2D eigenvalue weighted by molar-refractivity contribution is -0.384. The number of nitrogens with zero attached hydrogens (tertiary/aromatic N) is 3. The van der Waals surface area contributed by atoms with Gasteiger partial charge >= 0.3 is 5.69 Å². The van der Waals surface area contributed by atoms with Gasteiger partial charge < -0.3 is 15.3 Å². The van der Waals surface area contributed by atoms with Gasteiger partial charge in [0.2, 0.25) is 5.82 Å². The highest BCUT2D eigenvalue weighted by atomic mass is 16.6. The first-order valence-electron chi connectivity index (χ1n) is 6.89. The fourth-order valence-corrected chi connectivity index (χ4v) is 3.41. The molecule has 2 unspecified atom stereocenters. The number of aromatic nitrogens is 1. The molecular formula is C13H18N4O3. The number of anilines is 2. The summed E-state index contributed by atoms with van der Waals surface area (Å²) in [5, 5.41) is 24.0. The molecule has 2 fully saturated rings. The van der Waals surface area contributed by atoms with E-state index in [1.54, 1.807) is 13.1 Å². The highest BCUT2D eigenvalue weighted by Gasteiger charge is 2.43. The molecule has 2 aliphatic rings. The molecule has 2 aliphatic heterocycles. The Balaban J connectivity index is 2.02. The van der Waals surface area contributed by atoms with Crippen LogP contribution >= 0.6 is 0 Å². The molecule has 0 aromatic carbocycles. The molecule has 0 spiro atoms. The predicted octanol–water partition coefficient (Wildman–Crippen LogP) is 1.52. The van der Waals surface area contributed by atoms with E-state index in [4.69, 9.17) is 0 Å². The monoisotopic (exact) mass is 278 g/mol. The number of pyridine rings is 1. The summed E-state index contributed by atoms with van der Waals surface area (Å²) in [6.45, 7) is 0. The molecule has 0 radical (unpaired) electrons. The van der Waals surface area contributed by atoms with E-state index in [2.05, 4.69) is 10.3 Å². The first kappa shape index (κ1) is 13.1. The highest BCUT2D eigenvalue weighted by molar-refractivity contribution is 5.63. The van der Waals surface area contributed by atoms with Crippen LogP contribution in [0.2, 0.25) is 0 Å². The van der Waals surface area contributed by atoms with Crippen LogP contribution in [0.15, 0.2) is 12.1 Å². The Morgan fingerprint density at radius 3 is 2.60 bits per heavy atom. The van der Waals surface area contributed by atoms with Crippen molar-refractivity contribution in [2.24, 2.45) is 0 Å². The second-order valence-electron chi connectivity index (χ2n) is 5.46. The summed E-state index contributed by atoms with van der Waals surface area (Å²) in [5.74, 6) is 1.05. The average Bonchev–Trinajstić information content (AvgIpc) is 2.70. The molecule has 3 heterocycles.